The van der Waals surface area contributed by atoms with E-state index in [0.29, 0.717) is 12.6 Å². The average Bonchev–Trinajstić information content (AvgIpc) is 3.18. The molecule has 2 amide bonds. The van der Waals surface area contributed by atoms with Gasteiger partial charge in [-0.3, -0.25) is 9.59 Å². The molecule has 1 aliphatic carbocycles. The van der Waals surface area contributed by atoms with E-state index in [4.69, 9.17) is 4.74 Å². The number of nitrogens with one attached hydrogen (secondary N) is 1. The number of anilines is 1. The zero-order chi connectivity index (χ0) is 19.9. The lowest BCUT2D eigenvalue weighted by Crippen LogP contribution is -2.46. The van der Waals surface area contributed by atoms with Crippen molar-refractivity contribution in [2.75, 3.05) is 38.3 Å². The summed E-state index contributed by atoms with van der Waals surface area (Å²) in [5.41, 5.74) is 1.02. The van der Waals surface area contributed by atoms with Crippen LogP contribution in [0, 0.1) is 5.92 Å². The summed E-state index contributed by atoms with van der Waals surface area (Å²) in [6.45, 7) is 4.61. The van der Waals surface area contributed by atoms with Gasteiger partial charge in [0, 0.05) is 50.5 Å². The van der Waals surface area contributed by atoms with Crippen LogP contribution in [0.1, 0.15) is 39.0 Å². The molecule has 0 aromatic heterocycles. The Balaban J connectivity index is 1.47. The van der Waals surface area contributed by atoms with Crippen molar-refractivity contribution < 1.29 is 14.3 Å². The third kappa shape index (κ3) is 5.25. The number of amides is 2. The predicted octanol–water partition coefficient (Wildman–Crippen LogP) is 2.44. The number of hydrogen-bond donors (Lipinski definition) is 1. The zero-order valence-corrected chi connectivity index (χ0v) is 17.1. The van der Waals surface area contributed by atoms with E-state index < -0.39 is 0 Å². The van der Waals surface area contributed by atoms with Crippen molar-refractivity contribution in [1.82, 2.24) is 10.2 Å². The van der Waals surface area contributed by atoms with Gasteiger partial charge in [-0.2, -0.15) is 0 Å². The normalized spacial score (nSPS) is 22.6. The van der Waals surface area contributed by atoms with Gasteiger partial charge in [0.05, 0.1) is 6.54 Å². The fourth-order valence-electron chi connectivity index (χ4n) is 4.42. The number of benzene rings is 1. The Morgan fingerprint density at radius 2 is 1.82 bits per heavy atom. The third-order valence-corrected chi connectivity index (χ3v) is 5.98. The van der Waals surface area contributed by atoms with E-state index in [1.165, 1.54) is 0 Å². The highest BCUT2D eigenvalue weighted by molar-refractivity contribution is 5.82. The molecule has 28 heavy (non-hydrogen) atoms. The highest BCUT2D eigenvalue weighted by atomic mass is 16.5. The molecule has 1 aliphatic heterocycles. The number of rotatable bonds is 7. The van der Waals surface area contributed by atoms with Gasteiger partial charge in [-0.15, -0.1) is 0 Å². The molecule has 1 N–H and O–H groups in total. The Hall–Kier alpha value is -2.08. The van der Waals surface area contributed by atoms with Gasteiger partial charge in [0.15, 0.2) is 0 Å². The minimum absolute atomic E-state index is 0.0150. The first-order valence-electron chi connectivity index (χ1n) is 10.5. The number of nitrogens with zero attached hydrogens (tertiary/aromatic N) is 2. The molecule has 6 heteroatoms. The fraction of sp³-hybridized carbons (Fsp3) is 0.636. The Morgan fingerprint density at radius 3 is 2.50 bits per heavy atom. The van der Waals surface area contributed by atoms with Gasteiger partial charge in [0.1, 0.15) is 0 Å². The summed E-state index contributed by atoms with van der Waals surface area (Å²) in [5, 5.41) is 3.13. The SMILES string of the molecule is CCN(C(=O)C1CCC(NC(=O)CN(C)c2ccccc2)C1)C1CCOCC1. The third-order valence-electron chi connectivity index (χ3n) is 5.98. The van der Waals surface area contributed by atoms with E-state index in [-0.39, 0.29) is 23.8 Å². The largest absolute Gasteiger partial charge is 0.381 e. The molecule has 2 aliphatic rings. The van der Waals surface area contributed by atoms with Gasteiger partial charge in [-0.05, 0) is 51.2 Å². The second kappa shape index (κ2) is 9.92. The van der Waals surface area contributed by atoms with Crippen molar-refractivity contribution in [3.05, 3.63) is 30.3 Å². The van der Waals surface area contributed by atoms with E-state index in [1.807, 2.05) is 47.2 Å². The molecule has 1 saturated carbocycles. The van der Waals surface area contributed by atoms with Crippen LogP contribution in [0.3, 0.4) is 0 Å². The number of carbonyl (C=O) groups excluding carboxylic acids is 2. The van der Waals surface area contributed by atoms with Crippen molar-refractivity contribution in [2.45, 2.75) is 51.1 Å². The highest BCUT2D eigenvalue weighted by Crippen LogP contribution is 2.29. The molecule has 1 saturated heterocycles. The first kappa shape index (κ1) is 20.6. The van der Waals surface area contributed by atoms with Gasteiger partial charge in [-0.25, -0.2) is 0 Å². The molecule has 0 bridgehead atoms. The molecule has 2 atom stereocenters. The Labute approximate surface area is 168 Å². The molecule has 2 unspecified atom stereocenters. The molecule has 1 aromatic carbocycles. The summed E-state index contributed by atoms with van der Waals surface area (Å²) in [7, 11) is 1.92. The maximum absolute atomic E-state index is 13.0. The molecule has 2 fully saturated rings. The minimum atomic E-state index is 0.0150. The molecule has 6 nitrogen and oxygen atoms in total. The molecular weight excluding hydrogens is 354 g/mol. The Morgan fingerprint density at radius 1 is 1.11 bits per heavy atom. The average molecular weight is 388 g/mol. The minimum Gasteiger partial charge on any atom is -0.381 e. The van der Waals surface area contributed by atoms with E-state index in [0.717, 1.165) is 57.6 Å². The van der Waals surface area contributed by atoms with Crippen LogP contribution in [0.2, 0.25) is 0 Å². The van der Waals surface area contributed by atoms with Gasteiger partial charge < -0.3 is 19.9 Å². The molecule has 0 radical (unpaired) electrons. The Kier molecular flexibility index (Phi) is 7.31. The van der Waals surface area contributed by atoms with Crippen molar-refractivity contribution in [1.29, 1.82) is 0 Å². The molecule has 1 heterocycles. The second-order valence-electron chi connectivity index (χ2n) is 7.93. The van der Waals surface area contributed by atoms with Crippen molar-refractivity contribution in [3.63, 3.8) is 0 Å². The van der Waals surface area contributed by atoms with Crippen molar-refractivity contribution >= 4 is 17.5 Å². The lowest BCUT2D eigenvalue weighted by molar-refractivity contribution is -0.139. The van der Waals surface area contributed by atoms with Crippen LogP contribution in [-0.4, -0.2) is 62.1 Å². The number of ether oxygens (including phenoxy) is 1. The summed E-state index contributed by atoms with van der Waals surface area (Å²) in [4.78, 5) is 29.5. The predicted molar refractivity (Wildman–Crippen MR) is 110 cm³/mol. The summed E-state index contributed by atoms with van der Waals surface area (Å²) in [6, 6.07) is 10.3. The summed E-state index contributed by atoms with van der Waals surface area (Å²) in [6.07, 6.45) is 4.34. The maximum Gasteiger partial charge on any atom is 0.239 e. The molecule has 0 spiro atoms. The van der Waals surface area contributed by atoms with E-state index in [9.17, 15) is 9.59 Å². The van der Waals surface area contributed by atoms with Gasteiger partial charge in [-0.1, -0.05) is 18.2 Å². The first-order valence-corrected chi connectivity index (χ1v) is 10.5. The van der Waals surface area contributed by atoms with Gasteiger partial charge in [0.2, 0.25) is 11.8 Å². The standard InChI is InChI=1S/C22H33N3O3/c1-3-25(20-11-13-28-14-12-20)22(27)17-9-10-18(15-17)23-21(26)16-24(2)19-7-5-4-6-8-19/h4-8,17-18,20H,3,9-16H2,1-2H3,(H,23,26). The Bertz CT molecular complexity index is 646. The van der Waals surface area contributed by atoms with Crippen LogP contribution in [0.25, 0.3) is 0 Å². The number of para-hydroxylation sites is 1. The van der Waals surface area contributed by atoms with Crippen LogP contribution < -0.4 is 10.2 Å². The molecular formula is C22H33N3O3. The molecule has 154 valence electrons. The van der Waals surface area contributed by atoms with Crippen molar-refractivity contribution in [3.8, 4) is 0 Å². The summed E-state index contributed by atoms with van der Waals surface area (Å²) >= 11 is 0. The molecule has 1 aromatic rings. The maximum atomic E-state index is 13.0. The topological polar surface area (TPSA) is 61.9 Å². The first-order chi connectivity index (χ1) is 13.6. The van der Waals surface area contributed by atoms with Gasteiger partial charge >= 0.3 is 0 Å². The van der Waals surface area contributed by atoms with Crippen LogP contribution >= 0.6 is 0 Å². The van der Waals surface area contributed by atoms with E-state index >= 15 is 0 Å². The number of likely N-dealkylation sites (N-methyl/N-ethyl adjacent to an activating group) is 1. The monoisotopic (exact) mass is 387 g/mol. The highest BCUT2D eigenvalue weighted by Gasteiger charge is 2.35. The van der Waals surface area contributed by atoms with Crippen LogP contribution in [-0.2, 0) is 14.3 Å². The van der Waals surface area contributed by atoms with Crippen LogP contribution in [0.4, 0.5) is 5.69 Å². The number of carbonyl (C=O) groups is 2. The quantitative estimate of drug-likeness (QED) is 0.781. The zero-order valence-electron chi connectivity index (χ0n) is 17.1. The van der Waals surface area contributed by atoms with Crippen LogP contribution in [0.15, 0.2) is 30.3 Å². The summed E-state index contributed by atoms with van der Waals surface area (Å²) in [5.74, 6) is 0.300. The van der Waals surface area contributed by atoms with E-state index in [2.05, 4.69) is 12.2 Å². The molecule has 3 rings (SSSR count). The van der Waals surface area contributed by atoms with E-state index in [1.54, 1.807) is 0 Å². The van der Waals surface area contributed by atoms with Gasteiger partial charge in [0.25, 0.3) is 0 Å². The summed E-state index contributed by atoms with van der Waals surface area (Å²) < 4.78 is 5.43. The lowest BCUT2D eigenvalue weighted by atomic mass is 10.0. The van der Waals surface area contributed by atoms with Crippen molar-refractivity contribution in [2.24, 2.45) is 5.92 Å². The number of hydrogen-bond acceptors (Lipinski definition) is 4. The fourth-order valence-corrected chi connectivity index (χ4v) is 4.42. The lowest BCUT2D eigenvalue weighted by Gasteiger charge is -2.35. The van der Waals surface area contributed by atoms with Crippen LogP contribution in [0.5, 0.6) is 0 Å². The second-order valence-corrected chi connectivity index (χ2v) is 7.93. The smallest absolute Gasteiger partial charge is 0.239 e.